The molecule has 2 aliphatic heterocycles. The van der Waals surface area contributed by atoms with Crippen molar-refractivity contribution in [2.24, 2.45) is 10.3 Å². The first-order valence-corrected chi connectivity index (χ1v) is 8.79. The van der Waals surface area contributed by atoms with E-state index < -0.39 is 41.4 Å². The average Bonchev–Trinajstić information content (AvgIpc) is 3.20. The van der Waals surface area contributed by atoms with E-state index in [1.807, 2.05) is 0 Å². The molecule has 0 spiro atoms. The number of imide groups is 1. The largest absolute Gasteiger partial charge is 0.323 e. The van der Waals surface area contributed by atoms with Crippen LogP contribution in [0.2, 0.25) is 5.02 Å². The fraction of sp³-hybridized carbons (Fsp3) is 0.167. The maximum Gasteiger partial charge on any atom is 0.263 e. The van der Waals surface area contributed by atoms with Crippen LogP contribution in [0, 0.1) is 11.6 Å². The maximum absolute atomic E-state index is 13.5. The van der Waals surface area contributed by atoms with Crippen LogP contribution in [0.4, 0.5) is 20.2 Å². The smallest absolute Gasteiger partial charge is 0.263 e. The summed E-state index contributed by atoms with van der Waals surface area (Å²) in [6.07, 6.45) is 0. The van der Waals surface area contributed by atoms with Crippen molar-refractivity contribution in [2.75, 3.05) is 16.8 Å². The van der Waals surface area contributed by atoms with Gasteiger partial charge in [0, 0.05) is 6.07 Å². The lowest BCUT2D eigenvalue weighted by Gasteiger charge is -2.20. The van der Waals surface area contributed by atoms with Gasteiger partial charge in [0.15, 0.2) is 23.7 Å². The summed E-state index contributed by atoms with van der Waals surface area (Å²) in [6, 6.07) is 6.95. The Kier molecular flexibility index (Phi) is 4.71. The third kappa shape index (κ3) is 3.31. The number of rotatable bonds is 4. The Balaban J connectivity index is 1.51. The molecule has 8 nitrogen and oxygen atoms in total. The van der Waals surface area contributed by atoms with Gasteiger partial charge >= 0.3 is 0 Å². The Bertz CT molecular complexity index is 1060. The number of halogens is 3. The molecule has 0 bridgehead atoms. The third-order valence-electron chi connectivity index (χ3n) is 4.47. The van der Waals surface area contributed by atoms with E-state index in [0.717, 1.165) is 28.1 Å². The molecule has 3 amide bonds. The minimum absolute atomic E-state index is 0.121. The van der Waals surface area contributed by atoms with Gasteiger partial charge in [-0.1, -0.05) is 29.0 Å². The van der Waals surface area contributed by atoms with Crippen molar-refractivity contribution in [1.29, 1.82) is 0 Å². The van der Waals surface area contributed by atoms with Gasteiger partial charge in [-0.2, -0.15) is 5.11 Å². The summed E-state index contributed by atoms with van der Waals surface area (Å²) in [5.41, 5.74) is 0.257. The Morgan fingerprint density at radius 3 is 2.59 bits per heavy atom. The molecule has 0 unspecified atom stereocenters. The van der Waals surface area contributed by atoms with Gasteiger partial charge < -0.3 is 5.32 Å². The molecule has 4 rings (SSSR count). The monoisotopic (exact) mass is 419 g/mol. The van der Waals surface area contributed by atoms with Crippen molar-refractivity contribution >= 4 is 40.7 Å². The highest BCUT2D eigenvalue weighted by Gasteiger charge is 2.55. The summed E-state index contributed by atoms with van der Waals surface area (Å²) in [7, 11) is 0. The molecule has 1 fully saturated rings. The van der Waals surface area contributed by atoms with E-state index in [4.69, 9.17) is 11.6 Å². The summed E-state index contributed by atoms with van der Waals surface area (Å²) in [6.45, 7) is -0.361. The molecule has 2 aliphatic rings. The first-order valence-electron chi connectivity index (χ1n) is 8.41. The number of hydrogen-bond donors (Lipinski definition) is 1. The first-order chi connectivity index (χ1) is 13.9. The van der Waals surface area contributed by atoms with Crippen LogP contribution in [0.3, 0.4) is 0 Å². The summed E-state index contributed by atoms with van der Waals surface area (Å²) in [5.74, 6) is -4.29. The van der Waals surface area contributed by atoms with E-state index >= 15 is 0 Å². The SMILES string of the molecule is O=C(CN1N=N[C@@H]2C(=O)N(c3ccc(F)c(F)c3)C(=O)[C@@H]21)Nc1ccccc1Cl. The predicted molar refractivity (Wildman–Crippen MR) is 98.1 cm³/mol. The van der Waals surface area contributed by atoms with Gasteiger partial charge in [-0.15, -0.1) is 0 Å². The topological polar surface area (TPSA) is 94.4 Å². The standard InChI is InChI=1S/C18H12ClF2N5O3/c19-10-3-1-2-4-13(10)22-14(27)8-25-16-15(23-24-25)17(28)26(18(16)29)9-5-6-11(20)12(21)7-9/h1-7,15-16H,8H2,(H,22,27)/t15-,16+/m0/s1. The molecule has 1 N–H and O–H groups in total. The summed E-state index contributed by atoms with van der Waals surface area (Å²) in [5, 5.41) is 11.5. The quantitative estimate of drug-likeness (QED) is 0.770. The fourth-order valence-corrected chi connectivity index (χ4v) is 3.31. The van der Waals surface area contributed by atoms with Crippen LogP contribution in [-0.2, 0) is 14.4 Å². The Morgan fingerprint density at radius 2 is 1.86 bits per heavy atom. The van der Waals surface area contributed by atoms with Gasteiger partial charge in [-0.05, 0) is 24.3 Å². The Labute approximate surface area is 167 Å². The number of anilines is 2. The van der Waals surface area contributed by atoms with Crippen molar-refractivity contribution in [3.05, 3.63) is 59.1 Å². The van der Waals surface area contributed by atoms with Crippen molar-refractivity contribution < 1.29 is 23.2 Å². The molecule has 1 saturated heterocycles. The van der Waals surface area contributed by atoms with Crippen LogP contribution < -0.4 is 10.2 Å². The molecule has 2 heterocycles. The first kappa shape index (κ1) is 18.9. The predicted octanol–water partition coefficient (Wildman–Crippen LogP) is 2.55. The molecular weight excluding hydrogens is 408 g/mol. The summed E-state index contributed by atoms with van der Waals surface area (Å²) < 4.78 is 26.7. The van der Waals surface area contributed by atoms with E-state index in [-0.39, 0.29) is 12.2 Å². The number of carbonyl (C=O) groups is 3. The molecule has 2 aromatic rings. The molecule has 2 atom stereocenters. The van der Waals surface area contributed by atoms with Gasteiger partial charge in [0.2, 0.25) is 5.91 Å². The van der Waals surface area contributed by atoms with Crippen LogP contribution in [0.15, 0.2) is 52.8 Å². The number of amides is 3. The van der Waals surface area contributed by atoms with Crippen molar-refractivity contribution in [2.45, 2.75) is 12.1 Å². The zero-order valence-electron chi connectivity index (χ0n) is 14.6. The zero-order chi connectivity index (χ0) is 20.7. The zero-order valence-corrected chi connectivity index (χ0v) is 15.3. The van der Waals surface area contributed by atoms with E-state index in [0.29, 0.717) is 10.7 Å². The highest BCUT2D eigenvalue weighted by Crippen LogP contribution is 2.32. The highest BCUT2D eigenvalue weighted by atomic mass is 35.5. The lowest BCUT2D eigenvalue weighted by atomic mass is 10.1. The van der Waals surface area contributed by atoms with Gasteiger partial charge in [0.25, 0.3) is 11.8 Å². The molecule has 0 saturated carbocycles. The molecule has 148 valence electrons. The molecule has 0 aromatic heterocycles. The second-order valence-electron chi connectivity index (χ2n) is 6.33. The fourth-order valence-electron chi connectivity index (χ4n) is 3.13. The van der Waals surface area contributed by atoms with Crippen LogP contribution in [0.1, 0.15) is 0 Å². The van der Waals surface area contributed by atoms with Crippen molar-refractivity contribution in [1.82, 2.24) is 5.01 Å². The summed E-state index contributed by atoms with van der Waals surface area (Å²) in [4.78, 5) is 38.4. The van der Waals surface area contributed by atoms with Gasteiger partial charge in [-0.25, -0.2) is 13.7 Å². The van der Waals surface area contributed by atoms with E-state index in [1.54, 1.807) is 24.3 Å². The lowest BCUT2D eigenvalue weighted by Crippen LogP contribution is -2.43. The number of fused-ring (bicyclic) bond motifs is 1. The van der Waals surface area contributed by atoms with E-state index in [1.165, 1.54) is 0 Å². The van der Waals surface area contributed by atoms with Crippen molar-refractivity contribution in [3.8, 4) is 0 Å². The van der Waals surface area contributed by atoms with Gasteiger partial charge in [0.05, 0.1) is 16.4 Å². The minimum atomic E-state index is -1.20. The molecule has 11 heteroatoms. The number of carbonyl (C=O) groups excluding carboxylic acids is 3. The number of para-hydroxylation sites is 1. The number of hydrogen-bond acceptors (Lipinski definition) is 6. The number of nitrogens with one attached hydrogen (secondary N) is 1. The van der Waals surface area contributed by atoms with Gasteiger partial charge in [-0.3, -0.25) is 19.4 Å². The number of benzene rings is 2. The van der Waals surface area contributed by atoms with Crippen LogP contribution >= 0.6 is 11.6 Å². The molecule has 0 aliphatic carbocycles. The Morgan fingerprint density at radius 1 is 1.10 bits per heavy atom. The molecule has 2 aromatic carbocycles. The molecular formula is C18H12ClF2N5O3. The normalized spacial score (nSPS) is 20.4. The minimum Gasteiger partial charge on any atom is -0.323 e. The average molecular weight is 420 g/mol. The second-order valence-corrected chi connectivity index (χ2v) is 6.74. The van der Waals surface area contributed by atoms with E-state index in [9.17, 15) is 23.2 Å². The second kappa shape index (κ2) is 7.21. The van der Waals surface area contributed by atoms with Gasteiger partial charge in [0.1, 0.15) is 6.54 Å². The van der Waals surface area contributed by atoms with Crippen molar-refractivity contribution in [3.63, 3.8) is 0 Å². The molecule has 0 radical (unpaired) electrons. The van der Waals surface area contributed by atoms with Crippen LogP contribution in [0.5, 0.6) is 0 Å². The maximum atomic E-state index is 13.5. The lowest BCUT2D eigenvalue weighted by molar-refractivity contribution is -0.123. The van der Waals surface area contributed by atoms with Crippen LogP contribution in [-0.4, -0.2) is 41.4 Å². The van der Waals surface area contributed by atoms with Crippen LogP contribution in [0.25, 0.3) is 0 Å². The Hall–Kier alpha value is -3.40. The van der Waals surface area contributed by atoms with E-state index in [2.05, 4.69) is 15.7 Å². The summed E-state index contributed by atoms with van der Waals surface area (Å²) >= 11 is 5.99. The third-order valence-corrected chi connectivity index (χ3v) is 4.80. The number of nitrogens with zero attached hydrogens (tertiary/aromatic N) is 4. The molecule has 29 heavy (non-hydrogen) atoms. The highest BCUT2D eigenvalue weighted by molar-refractivity contribution is 6.33.